The van der Waals surface area contributed by atoms with E-state index in [1.807, 2.05) is 19.9 Å². The van der Waals surface area contributed by atoms with Gasteiger partial charge in [-0.3, -0.25) is 9.59 Å². The Kier molecular flexibility index (Phi) is 5.88. The molecule has 0 spiro atoms. The Hall–Kier alpha value is -1.59. The van der Waals surface area contributed by atoms with Crippen LogP contribution >= 0.6 is 11.6 Å². The Bertz CT molecular complexity index is 614. The van der Waals surface area contributed by atoms with Crippen molar-refractivity contribution >= 4 is 29.1 Å². The molecule has 0 aromatic heterocycles. The predicted octanol–water partition coefficient (Wildman–Crippen LogP) is 3.22. The molecular formula is C18H25ClN2O3. The fourth-order valence-corrected chi connectivity index (χ4v) is 3.05. The molecular weight excluding hydrogens is 328 g/mol. The zero-order valence-corrected chi connectivity index (χ0v) is 15.4. The molecule has 132 valence electrons. The van der Waals surface area contributed by atoms with E-state index in [4.69, 9.17) is 16.3 Å². The van der Waals surface area contributed by atoms with Gasteiger partial charge < -0.3 is 15.4 Å². The molecule has 1 unspecified atom stereocenters. The van der Waals surface area contributed by atoms with Crippen LogP contribution in [0.2, 0.25) is 5.02 Å². The average molecular weight is 353 g/mol. The number of carbonyl (C=O) groups excluding carboxylic acids is 2. The lowest BCUT2D eigenvalue weighted by Gasteiger charge is -2.24. The SMILES string of the molecule is Cc1cc(C)c(NC(=O)C(C)(C)C(=O)NCC2CCCO2)c(Cl)c1. The van der Waals surface area contributed by atoms with E-state index in [0.717, 1.165) is 30.6 Å². The van der Waals surface area contributed by atoms with Gasteiger partial charge in [-0.1, -0.05) is 17.7 Å². The van der Waals surface area contributed by atoms with Gasteiger partial charge in [0.05, 0.1) is 16.8 Å². The fourth-order valence-electron chi connectivity index (χ4n) is 2.68. The first kappa shape index (κ1) is 18.7. The smallest absolute Gasteiger partial charge is 0.239 e. The van der Waals surface area contributed by atoms with Crippen molar-refractivity contribution < 1.29 is 14.3 Å². The summed E-state index contributed by atoms with van der Waals surface area (Å²) >= 11 is 6.22. The number of hydrogen-bond acceptors (Lipinski definition) is 3. The number of carbonyl (C=O) groups is 2. The molecule has 1 aromatic carbocycles. The van der Waals surface area contributed by atoms with E-state index in [9.17, 15) is 9.59 Å². The van der Waals surface area contributed by atoms with Crippen LogP contribution in [-0.2, 0) is 14.3 Å². The maximum Gasteiger partial charge on any atom is 0.239 e. The molecule has 1 aliphatic rings. The van der Waals surface area contributed by atoms with Crippen LogP contribution < -0.4 is 10.6 Å². The first-order valence-corrected chi connectivity index (χ1v) is 8.57. The molecule has 2 amide bonds. The zero-order chi connectivity index (χ0) is 17.9. The lowest BCUT2D eigenvalue weighted by Crippen LogP contribution is -2.47. The van der Waals surface area contributed by atoms with Gasteiger partial charge in [0.1, 0.15) is 5.41 Å². The molecule has 1 atom stereocenters. The number of benzene rings is 1. The third kappa shape index (κ3) is 4.28. The van der Waals surface area contributed by atoms with Gasteiger partial charge in [-0.2, -0.15) is 0 Å². The molecule has 1 aliphatic heterocycles. The highest BCUT2D eigenvalue weighted by molar-refractivity contribution is 6.34. The van der Waals surface area contributed by atoms with Crippen LogP contribution in [0.15, 0.2) is 12.1 Å². The van der Waals surface area contributed by atoms with Gasteiger partial charge in [0, 0.05) is 13.2 Å². The Morgan fingerprint density at radius 3 is 2.58 bits per heavy atom. The van der Waals surface area contributed by atoms with Crippen molar-refractivity contribution in [3.05, 3.63) is 28.3 Å². The Morgan fingerprint density at radius 1 is 1.29 bits per heavy atom. The van der Waals surface area contributed by atoms with Gasteiger partial charge in [-0.05, 0) is 57.7 Å². The third-order valence-corrected chi connectivity index (χ3v) is 4.62. The summed E-state index contributed by atoms with van der Waals surface area (Å²) in [5, 5.41) is 6.07. The zero-order valence-electron chi connectivity index (χ0n) is 14.7. The summed E-state index contributed by atoms with van der Waals surface area (Å²) in [7, 11) is 0. The number of amides is 2. The summed E-state index contributed by atoms with van der Waals surface area (Å²) in [6, 6.07) is 3.72. The van der Waals surface area contributed by atoms with Crippen molar-refractivity contribution in [2.24, 2.45) is 5.41 Å². The lowest BCUT2D eigenvalue weighted by atomic mass is 9.90. The van der Waals surface area contributed by atoms with E-state index in [1.54, 1.807) is 19.9 Å². The molecule has 0 aliphatic carbocycles. The monoisotopic (exact) mass is 352 g/mol. The van der Waals surface area contributed by atoms with E-state index in [0.29, 0.717) is 17.3 Å². The second-order valence-corrected chi connectivity index (χ2v) is 7.27. The molecule has 0 radical (unpaired) electrons. The second-order valence-electron chi connectivity index (χ2n) is 6.86. The highest BCUT2D eigenvalue weighted by Crippen LogP contribution is 2.29. The van der Waals surface area contributed by atoms with Crippen molar-refractivity contribution in [1.82, 2.24) is 5.32 Å². The van der Waals surface area contributed by atoms with Crippen molar-refractivity contribution in [3.8, 4) is 0 Å². The molecule has 2 rings (SSSR count). The van der Waals surface area contributed by atoms with Crippen LogP contribution in [0.3, 0.4) is 0 Å². The molecule has 0 bridgehead atoms. The molecule has 6 heteroatoms. The maximum absolute atomic E-state index is 12.6. The Morgan fingerprint density at radius 2 is 2.00 bits per heavy atom. The van der Waals surface area contributed by atoms with Crippen molar-refractivity contribution in [1.29, 1.82) is 0 Å². The third-order valence-electron chi connectivity index (χ3n) is 4.32. The molecule has 2 N–H and O–H groups in total. The minimum atomic E-state index is -1.21. The number of halogens is 1. The van der Waals surface area contributed by atoms with Crippen molar-refractivity contribution in [2.75, 3.05) is 18.5 Å². The van der Waals surface area contributed by atoms with Gasteiger partial charge >= 0.3 is 0 Å². The van der Waals surface area contributed by atoms with Gasteiger partial charge in [-0.15, -0.1) is 0 Å². The van der Waals surface area contributed by atoms with Crippen LogP contribution in [-0.4, -0.2) is 31.1 Å². The molecule has 0 saturated carbocycles. The topological polar surface area (TPSA) is 67.4 Å². The minimum Gasteiger partial charge on any atom is -0.376 e. The summed E-state index contributed by atoms with van der Waals surface area (Å²) in [5.41, 5.74) is 1.22. The maximum atomic E-state index is 12.6. The van der Waals surface area contributed by atoms with Crippen molar-refractivity contribution in [2.45, 2.75) is 46.6 Å². The van der Waals surface area contributed by atoms with E-state index in [1.165, 1.54) is 0 Å². The first-order chi connectivity index (χ1) is 11.2. The number of anilines is 1. The quantitative estimate of drug-likeness (QED) is 0.799. The van der Waals surface area contributed by atoms with Gasteiger partial charge in [0.2, 0.25) is 11.8 Å². The largest absolute Gasteiger partial charge is 0.376 e. The van der Waals surface area contributed by atoms with Gasteiger partial charge in [-0.25, -0.2) is 0 Å². The average Bonchev–Trinajstić information content (AvgIpc) is 3.01. The van der Waals surface area contributed by atoms with E-state index in [-0.39, 0.29) is 17.9 Å². The standard InChI is InChI=1S/C18H25ClN2O3/c1-11-8-12(2)15(14(19)9-11)21-17(23)18(3,4)16(22)20-10-13-6-5-7-24-13/h8-9,13H,5-7,10H2,1-4H3,(H,20,22)(H,21,23). The number of hydrogen-bond donors (Lipinski definition) is 2. The summed E-state index contributed by atoms with van der Waals surface area (Å²) in [4.78, 5) is 25.0. The molecule has 1 fully saturated rings. The van der Waals surface area contributed by atoms with Gasteiger partial charge in [0.25, 0.3) is 0 Å². The van der Waals surface area contributed by atoms with Crippen LogP contribution in [0, 0.1) is 19.3 Å². The number of ether oxygens (including phenoxy) is 1. The first-order valence-electron chi connectivity index (χ1n) is 8.20. The van der Waals surface area contributed by atoms with Crippen LogP contribution in [0.5, 0.6) is 0 Å². The molecule has 1 heterocycles. The highest BCUT2D eigenvalue weighted by atomic mass is 35.5. The van der Waals surface area contributed by atoms with Crippen LogP contribution in [0.4, 0.5) is 5.69 Å². The van der Waals surface area contributed by atoms with Crippen molar-refractivity contribution in [3.63, 3.8) is 0 Å². The van der Waals surface area contributed by atoms with E-state index >= 15 is 0 Å². The number of nitrogens with one attached hydrogen (secondary N) is 2. The van der Waals surface area contributed by atoms with E-state index < -0.39 is 5.41 Å². The number of aryl methyl sites for hydroxylation is 2. The Balaban J connectivity index is 2.02. The fraction of sp³-hybridized carbons (Fsp3) is 0.556. The van der Waals surface area contributed by atoms with E-state index in [2.05, 4.69) is 10.6 Å². The second kappa shape index (κ2) is 7.53. The summed E-state index contributed by atoms with van der Waals surface area (Å²) in [5.74, 6) is -0.711. The van der Waals surface area contributed by atoms with Gasteiger partial charge in [0.15, 0.2) is 0 Å². The molecule has 5 nitrogen and oxygen atoms in total. The summed E-state index contributed by atoms with van der Waals surface area (Å²) in [6.07, 6.45) is 1.99. The summed E-state index contributed by atoms with van der Waals surface area (Å²) in [6.45, 7) is 8.18. The Labute approximate surface area is 148 Å². The lowest BCUT2D eigenvalue weighted by molar-refractivity contribution is -0.138. The predicted molar refractivity (Wildman–Crippen MR) is 95.3 cm³/mol. The normalized spacial score (nSPS) is 17.6. The van der Waals surface area contributed by atoms with Crippen LogP contribution in [0.25, 0.3) is 0 Å². The minimum absolute atomic E-state index is 0.0431. The summed E-state index contributed by atoms with van der Waals surface area (Å²) < 4.78 is 5.48. The van der Waals surface area contributed by atoms with Crippen LogP contribution in [0.1, 0.15) is 37.8 Å². The molecule has 24 heavy (non-hydrogen) atoms. The molecule has 1 aromatic rings. The molecule has 1 saturated heterocycles. The number of rotatable bonds is 5. The highest BCUT2D eigenvalue weighted by Gasteiger charge is 2.37.